The zero-order valence-electron chi connectivity index (χ0n) is 15.1. The van der Waals surface area contributed by atoms with Crippen molar-refractivity contribution in [3.8, 4) is 5.75 Å². The molecular formula is C22H22N2O3. The summed E-state index contributed by atoms with van der Waals surface area (Å²) in [5.74, 6) is -0.482. The van der Waals surface area contributed by atoms with Crippen LogP contribution in [0, 0.1) is 0 Å². The lowest BCUT2D eigenvalue weighted by atomic mass is 9.89. The van der Waals surface area contributed by atoms with Gasteiger partial charge in [-0.1, -0.05) is 48.5 Å². The van der Waals surface area contributed by atoms with Gasteiger partial charge in [0, 0.05) is 24.1 Å². The first-order valence-corrected chi connectivity index (χ1v) is 8.71. The van der Waals surface area contributed by atoms with Gasteiger partial charge in [0.1, 0.15) is 11.5 Å². The van der Waals surface area contributed by atoms with E-state index in [4.69, 9.17) is 16.2 Å². The molecule has 138 valence electrons. The smallest absolute Gasteiger partial charge is 0.248 e. The van der Waals surface area contributed by atoms with Crippen molar-refractivity contribution in [3.05, 3.63) is 77.4 Å². The van der Waals surface area contributed by atoms with Crippen molar-refractivity contribution >= 4 is 22.5 Å². The minimum Gasteiger partial charge on any atom is -0.496 e. The van der Waals surface area contributed by atoms with E-state index < -0.39 is 11.8 Å². The van der Waals surface area contributed by atoms with Crippen LogP contribution in [-0.4, -0.2) is 25.3 Å². The van der Waals surface area contributed by atoms with Gasteiger partial charge in [0.15, 0.2) is 0 Å². The molecule has 0 saturated heterocycles. The third-order valence-electron chi connectivity index (χ3n) is 4.74. The summed E-state index contributed by atoms with van der Waals surface area (Å²) < 4.78 is 5.32. The highest BCUT2D eigenvalue weighted by atomic mass is 16.5. The summed E-state index contributed by atoms with van der Waals surface area (Å²) in [6.07, 6.45) is 0.164. The summed E-state index contributed by atoms with van der Waals surface area (Å²) in [5, 5.41) is 2.19. The highest BCUT2D eigenvalue weighted by Crippen LogP contribution is 2.26. The average Bonchev–Trinajstić information content (AvgIpc) is 2.68. The summed E-state index contributed by atoms with van der Waals surface area (Å²) in [6, 6.07) is 18.8. The Morgan fingerprint density at radius 1 is 1.00 bits per heavy atom. The molecule has 1 amide bonds. The molecule has 0 aromatic heterocycles. The Kier molecular flexibility index (Phi) is 5.52. The third kappa shape index (κ3) is 3.99. The lowest BCUT2D eigenvalue weighted by Gasteiger charge is -2.16. The van der Waals surface area contributed by atoms with E-state index in [1.807, 2.05) is 42.5 Å². The van der Waals surface area contributed by atoms with E-state index in [1.54, 1.807) is 18.2 Å². The summed E-state index contributed by atoms with van der Waals surface area (Å²) in [4.78, 5) is 24.3. The van der Waals surface area contributed by atoms with Crippen molar-refractivity contribution < 1.29 is 14.3 Å². The second-order valence-corrected chi connectivity index (χ2v) is 6.43. The number of carbonyl (C=O) groups is 2. The number of fused-ring (bicyclic) bond motifs is 1. The number of ether oxygens (including phenoxy) is 1. The normalized spacial score (nSPS) is 11.9. The molecule has 0 saturated carbocycles. The Balaban J connectivity index is 1.87. The van der Waals surface area contributed by atoms with Gasteiger partial charge in [0.2, 0.25) is 5.91 Å². The first-order valence-electron chi connectivity index (χ1n) is 8.71. The number of benzene rings is 3. The van der Waals surface area contributed by atoms with E-state index in [0.29, 0.717) is 16.9 Å². The van der Waals surface area contributed by atoms with Gasteiger partial charge < -0.3 is 16.2 Å². The Morgan fingerprint density at radius 2 is 1.74 bits per heavy atom. The molecule has 0 aliphatic heterocycles. The van der Waals surface area contributed by atoms with Crippen LogP contribution in [0.15, 0.2) is 60.7 Å². The van der Waals surface area contributed by atoms with E-state index >= 15 is 0 Å². The van der Waals surface area contributed by atoms with Crippen LogP contribution in [0.3, 0.4) is 0 Å². The maximum absolute atomic E-state index is 12.9. The molecule has 5 nitrogen and oxygen atoms in total. The Morgan fingerprint density at radius 3 is 2.41 bits per heavy atom. The Labute approximate surface area is 157 Å². The number of Topliss-reactive ketones (excluding diaryl/α,β-unsaturated/α-hetero) is 1. The van der Waals surface area contributed by atoms with E-state index in [-0.39, 0.29) is 18.7 Å². The largest absolute Gasteiger partial charge is 0.496 e. The Bertz CT molecular complexity index is 998. The van der Waals surface area contributed by atoms with E-state index in [9.17, 15) is 9.59 Å². The van der Waals surface area contributed by atoms with Crippen LogP contribution >= 0.6 is 0 Å². The van der Waals surface area contributed by atoms with Crippen LogP contribution < -0.4 is 16.2 Å². The van der Waals surface area contributed by atoms with Crippen LogP contribution in [0.5, 0.6) is 5.75 Å². The van der Waals surface area contributed by atoms with Crippen LogP contribution in [0.1, 0.15) is 27.4 Å². The molecule has 0 heterocycles. The predicted molar refractivity (Wildman–Crippen MR) is 106 cm³/mol. The van der Waals surface area contributed by atoms with Gasteiger partial charge in [-0.15, -0.1) is 0 Å². The van der Waals surface area contributed by atoms with E-state index in [2.05, 4.69) is 0 Å². The molecule has 0 aliphatic carbocycles. The number of carbonyl (C=O) groups excluding carboxylic acids is 2. The van der Waals surface area contributed by atoms with E-state index in [1.165, 1.54) is 7.11 Å². The van der Waals surface area contributed by atoms with Gasteiger partial charge >= 0.3 is 0 Å². The minimum absolute atomic E-state index is 0.00194. The van der Waals surface area contributed by atoms with Crippen LogP contribution in [0.2, 0.25) is 0 Å². The van der Waals surface area contributed by atoms with Gasteiger partial charge in [-0.3, -0.25) is 9.59 Å². The van der Waals surface area contributed by atoms with Gasteiger partial charge in [0.25, 0.3) is 0 Å². The number of nitrogens with two attached hydrogens (primary N) is 2. The summed E-state index contributed by atoms with van der Waals surface area (Å²) in [6.45, 7) is 0.221. The Hall–Kier alpha value is -3.18. The molecule has 27 heavy (non-hydrogen) atoms. The average molecular weight is 362 g/mol. The molecule has 0 aliphatic rings. The van der Waals surface area contributed by atoms with Crippen molar-refractivity contribution in [2.75, 3.05) is 13.7 Å². The van der Waals surface area contributed by atoms with Crippen molar-refractivity contribution in [2.45, 2.75) is 12.3 Å². The van der Waals surface area contributed by atoms with Gasteiger partial charge in [-0.05, 0) is 28.5 Å². The lowest BCUT2D eigenvalue weighted by Crippen LogP contribution is -2.23. The number of amides is 1. The molecular weight excluding hydrogens is 340 g/mol. The first-order chi connectivity index (χ1) is 13.0. The second kappa shape index (κ2) is 8.01. The van der Waals surface area contributed by atoms with Gasteiger partial charge in [-0.2, -0.15) is 0 Å². The fourth-order valence-corrected chi connectivity index (χ4v) is 3.23. The SMILES string of the molecule is COc1cc(C(N)=O)ccc1CC(=O)C(CN)c1ccc2ccccc2c1. The topological polar surface area (TPSA) is 95.4 Å². The molecule has 3 aromatic rings. The highest BCUT2D eigenvalue weighted by Gasteiger charge is 2.21. The molecule has 1 unspecified atom stereocenters. The van der Waals surface area contributed by atoms with Crippen molar-refractivity contribution in [1.29, 1.82) is 0 Å². The number of methoxy groups -OCH3 is 1. The number of hydrogen-bond acceptors (Lipinski definition) is 4. The predicted octanol–water partition coefficient (Wildman–Crippen LogP) is 2.80. The lowest BCUT2D eigenvalue weighted by molar-refractivity contribution is -0.119. The minimum atomic E-state index is -0.540. The van der Waals surface area contributed by atoms with Crippen LogP contribution in [0.4, 0.5) is 0 Å². The monoisotopic (exact) mass is 362 g/mol. The van der Waals surface area contributed by atoms with Crippen LogP contribution in [0.25, 0.3) is 10.8 Å². The summed E-state index contributed by atoms with van der Waals surface area (Å²) in [7, 11) is 1.50. The molecule has 1 atom stereocenters. The summed E-state index contributed by atoms with van der Waals surface area (Å²) in [5.41, 5.74) is 13.2. The van der Waals surface area contributed by atoms with Gasteiger partial charge in [-0.25, -0.2) is 0 Å². The third-order valence-corrected chi connectivity index (χ3v) is 4.74. The van der Waals surface area contributed by atoms with E-state index in [0.717, 1.165) is 16.3 Å². The molecule has 0 bridgehead atoms. The standard InChI is InChI=1S/C22H22N2O3/c1-27-21-12-18(22(24)26)9-8-17(21)11-20(25)19(13-23)16-7-6-14-4-2-3-5-15(14)10-16/h2-10,12,19H,11,13,23H2,1H3,(H2,24,26). The molecule has 0 spiro atoms. The van der Waals surface area contributed by atoms with Crippen molar-refractivity contribution in [2.24, 2.45) is 11.5 Å². The molecule has 4 N–H and O–H groups in total. The fourth-order valence-electron chi connectivity index (χ4n) is 3.23. The summed E-state index contributed by atoms with van der Waals surface area (Å²) >= 11 is 0. The molecule has 3 aromatic carbocycles. The number of ketones is 1. The van der Waals surface area contributed by atoms with Crippen molar-refractivity contribution in [3.63, 3.8) is 0 Å². The number of rotatable bonds is 7. The highest BCUT2D eigenvalue weighted by molar-refractivity contribution is 5.94. The number of primary amides is 1. The fraction of sp³-hybridized carbons (Fsp3) is 0.182. The molecule has 3 rings (SSSR count). The molecule has 0 fully saturated rings. The zero-order valence-corrected chi connectivity index (χ0v) is 15.1. The first kappa shape index (κ1) is 18.6. The second-order valence-electron chi connectivity index (χ2n) is 6.43. The quantitative estimate of drug-likeness (QED) is 0.675. The molecule has 5 heteroatoms. The number of hydrogen-bond donors (Lipinski definition) is 2. The zero-order chi connectivity index (χ0) is 19.4. The van der Waals surface area contributed by atoms with Crippen LogP contribution in [-0.2, 0) is 11.2 Å². The maximum atomic E-state index is 12.9. The van der Waals surface area contributed by atoms with Gasteiger partial charge in [0.05, 0.1) is 13.0 Å². The van der Waals surface area contributed by atoms with Crippen molar-refractivity contribution in [1.82, 2.24) is 0 Å². The maximum Gasteiger partial charge on any atom is 0.248 e. The molecule has 0 radical (unpaired) electrons.